The second-order valence-corrected chi connectivity index (χ2v) is 18.0. The van der Waals surface area contributed by atoms with Crippen LogP contribution in [0.25, 0.3) is 0 Å². The number of hydrogen-bond acceptors (Lipinski definition) is 8. The average Bonchev–Trinajstić information content (AvgIpc) is 3.69. The minimum atomic E-state index is -0.982. The molecule has 1 unspecified atom stereocenters. The number of benzene rings is 2. The lowest BCUT2D eigenvalue weighted by Crippen LogP contribution is -2.59. The van der Waals surface area contributed by atoms with Crippen LogP contribution < -0.4 is 26.0 Å². The van der Waals surface area contributed by atoms with Gasteiger partial charge in [0.25, 0.3) is 11.8 Å². The second-order valence-electron chi connectivity index (χ2n) is 18.0. The third-order valence-corrected chi connectivity index (χ3v) is 14.7. The van der Waals surface area contributed by atoms with Crippen LogP contribution in [0.4, 0.5) is 11.4 Å². The van der Waals surface area contributed by atoms with Crippen molar-refractivity contribution in [3.63, 3.8) is 0 Å². The molecule has 8 atom stereocenters. The van der Waals surface area contributed by atoms with Crippen molar-refractivity contribution in [1.29, 1.82) is 0 Å². The van der Waals surface area contributed by atoms with Gasteiger partial charge in [0, 0.05) is 47.8 Å². The monoisotopic (exact) mass is 791 g/mol. The van der Waals surface area contributed by atoms with Crippen molar-refractivity contribution >= 4 is 46.8 Å². The normalized spacial score (nSPS) is 31.1. The summed E-state index contributed by atoms with van der Waals surface area (Å²) < 4.78 is 6.10. The highest BCUT2D eigenvalue weighted by molar-refractivity contribution is 6.25. The number of nitrogens with one attached hydrogen (secondary N) is 4. The average molecular weight is 792 g/mol. The second kappa shape index (κ2) is 16.3. The van der Waals surface area contributed by atoms with Gasteiger partial charge in [-0.1, -0.05) is 57.7 Å². The molecule has 3 aliphatic heterocycles. The van der Waals surface area contributed by atoms with Crippen LogP contribution >= 0.6 is 0 Å². The number of hydrogen-bond donors (Lipinski definition) is 4. The largest absolute Gasteiger partial charge is 0.494 e. The van der Waals surface area contributed by atoms with E-state index >= 15 is 0 Å². The number of imide groups is 2. The van der Waals surface area contributed by atoms with Gasteiger partial charge in [-0.25, -0.2) is 0 Å². The Morgan fingerprint density at radius 3 is 2.48 bits per heavy atom. The molecular weight excluding hydrogens is 735 g/mol. The van der Waals surface area contributed by atoms with Crippen LogP contribution in [-0.2, 0) is 19.2 Å². The first-order valence-corrected chi connectivity index (χ1v) is 21.6. The van der Waals surface area contributed by atoms with E-state index in [2.05, 4.69) is 41.2 Å². The van der Waals surface area contributed by atoms with Crippen LogP contribution in [0.15, 0.2) is 54.6 Å². The Kier molecular flexibility index (Phi) is 11.2. The molecule has 8 rings (SSSR count). The summed E-state index contributed by atoms with van der Waals surface area (Å²) in [4.78, 5) is 77.4. The molecule has 0 spiro atoms. The van der Waals surface area contributed by atoms with E-state index in [0.29, 0.717) is 36.6 Å². The minimum Gasteiger partial charge on any atom is -0.494 e. The maximum Gasteiger partial charge on any atom is 0.264 e. The lowest BCUT2D eigenvalue weighted by Gasteiger charge is -2.58. The Hall–Kier alpha value is -5.00. The molecule has 0 aromatic heterocycles. The van der Waals surface area contributed by atoms with Gasteiger partial charge in [0.15, 0.2) is 0 Å². The Bertz CT molecular complexity index is 2010. The molecule has 58 heavy (non-hydrogen) atoms. The number of fused-ring (bicyclic) bond motifs is 6. The van der Waals surface area contributed by atoms with E-state index in [1.807, 2.05) is 24.3 Å². The number of amides is 6. The number of carbonyl (C=O) groups is 6. The number of unbranched alkanes of at least 4 members (excludes halogenated alkanes) is 5. The van der Waals surface area contributed by atoms with Gasteiger partial charge in [-0.05, 0) is 111 Å². The summed E-state index contributed by atoms with van der Waals surface area (Å²) in [6.07, 6.45) is 16.4. The summed E-state index contributed by atoms with van der Waals surface area (Å²) in [5.74, 6) is 0.506. The Labute approximate surface area is 340 Å². The number of rotatable bonds is 14. The molecular formula is C46H57N5O7. The molecule has 6 aliphatic rings. The number of anilines is 2. The summed E-state index contributed by atoms with van der Waals surface area (Å²) in [6, 6.07) is 12.1. The highest BCUT2D eigenvalue weighted by atomic mass is 16.5. The molecule has 2 aromatic carbocycles. The van der Waals surface area contributed by atoms with Gasteiger partial charge in [-0.15, -0.1) is 0 Å². The third-order valence-electron chi connectivity index (χ3n) is 14.7. The number of carbonyl (C=O) groups excluding carboxylic acids is 6. The van der Waals surface area contributed by atoms with Crippen molar-refractivity contribution in [2.24, 2.45) is 34.5 Å². The van der Waals surface area contributed by atoms with Gasteiger partial charge in [0.05, 0.1) is 17.7 Å². The van der Waals surface area contributed by atoms with E-state index in [1.54, 1.807) is 24.3 Å². The van der Waals surface area contributed by atoms with Gasteiger partial charge >= 0.3 is 0 Å². The molecule has 3 heterocycles. The standard InChI is InChI=1S/C46H57N5O7/c1-45-23-21-33-30(15-19-37-46(33,2)24-22-39(53)49-37)32(45)16-17-34(45)41(54)48-28-11-9-12-29(27-28)58-26-8-6-4-3-5-7-25-47-35-14-10-13-31-40(35)44(57)51(43(31)56)36-18-20-38(52)50-42(36)55/h9-14,22,24,27,30,32-34,36-37,47H,3-8,15-21,23,25-26H2,1-2H3,(H,48,54)(H,49,53)(H,50,52,55)/t30-,32-,33-,34+,36?,37+,45-,46+/m0/s1. The first-order valence-electron chi connectivity index (χ1n) is 21.6. The zero-order valence-electron chi connectivity index (χ0n) is 33.8. The molecule has 12 heteroatoms. The van der Waals surface area contributed by atoms with Gasteiger partial charge in [-0.2, -0.15) is 0 Å². The summed E-state index contributed by atoms with van der Waals surface area (Å²) in [7, 11) is 0. The lowest BCUT2D eigenvalue weighted by atomic mass is 9.48. The fourth-order valence-corrected chi connectivity index (χ4v) is 11.7. The predicted molar refractivity (Wildman–Crippen MR) is 219 cm³/mol. The van der Waals surface area contributed by atoms with Crippen molar-refractivity contribution in [2.45, 2.75) is 116 Å². The third kappa shape index (κ3) is 7.43. The van der Waals surface area contributed by atoms with Crippen molar-refractivity contribution in [1.82, 2.24) is 15.5 Å². The van der Waals surface area contributed by atoms with E-state index in [-0.39, 0.29) is 58.6 Å². The van der Waals surface area contributed by atoms with Crippen molar-refractivity contribution in [3.05, 3.63) is 65.7 Å². The topological polar surface area (TPSA) is 163 Å². The molecule has 6 amide bonds. The molecule has 2 aromatic rings. The van der Waals surface area contributed by atoms with Gasteiger partial charge in [0.2, 0.25) is 23.6 Å². The van der Waals surface area contributed by atoms with Crippen LogP contribution in [0.1, 0.15) is 124 Å². The summed E-state index contributed by atoms with van der Waals surface area (Å²) in [6.45, 7) is 5.94. The molecule has 3 aliphatic carbocycles. The predicted octanol–water partition coefficient (Wildman–Crippen LogP) is 6.77. The van der Waals surface area contributed by atoms with Crippen LogP contribution in [0, 0.1) is 34.5 Å². The molecule has 4 fully saturated rings. The molecule has 12 nitrogen and oxygen atoms in total. The molecule has 3 saturated carbocycles. The van der Waals surface area contributed by atoms with Gasteiger partial charge in [-0.3, -0.25) is 39.0 Å². The van der Waals surface area contributed by atoms with Crippen LogP contribution in [0.3, 0.4) is 0 Å². The highest BCUT2D eigenvalue weighted by Crippen LogP contribution is 2.65. The lowest BCUT2D eigenvalue weighted by molar-refractivity contribution is -0.136. The maximum atomic E-state index is 13.9. The Morgan fingerprint density at radius 2 is 1.66 bits per heavy atom. The SMILES string of the molecule is C[C@]12C=CC(=O)N[C@@H]1CC[C@@H]1[C@@H]2CC[C@]2(C)[C@@H](C(=O)Nc3cccc(OCCCCCCCCNc4cccc5c4C(=O)N(C4CCC(=O)NC4=O)C5=O)c3)CC[C@@H]12. The molecule has 308 valence electrons. The van der Waals surface area contributed by atoms with Gasteiger partial charge in [0.1, 0.15) is 11.8 Å². The maximum absolute atomic E-state index is 13.9. The Morgan fingerprint density at radius 1 is 0.862 bits per heavy atom. The van der Waals surface area contributed by atoms with Crippen LogP contribution in [0.5, 0.6) is 5.75 Å². The van der Waals surface area contributed by atoms with Crippen molar-refractivity contribution < 1.29 is 33.5 Å². The van der Waals surface area contributed by atoms with Crippen molar-refractivity contribution in [2.75, 3.05) is 23.8 Å². The van der Waals surface area contributed by atoms with Crippen LogP contribution in [-0.4, -0.2) is 65.6 Å². The quantitative estimate of drug-likeness (QED) is 0.120. The van der Waals surface area contributed by atoms with Crippen LogP contribution in [0.2, 0.25) is 0 Å². The zero-order chi connectivity index (χ0) is 40.6. The number of ether oxygens (including phenoxy) is 1. The Balaban J connectivity index is 0.735. The fraction of sp³-hybridized carbons (Fsp3) is 0.565. The minimum absolute atomic E-state index is 0.00918. The van der Waals surface area contributed by atoms with E-state index in [9.17, 15) is 28.8 Å². The number of nitrogens with zero attached hydrogens (tertiary/aromatic N) is 1. The highest BCUT2D eigenvalue weighted by Gasteiger charge is 2.61. The summed E-state index contributed by atoms with van der Waals surface area (Å²) >= 11 is 0. The fourth-order valence-electron chi connectivity index (χ4n) is 11.7. The molecule has 0 bridgehead atoms. The van der Waals surface area contributed by atoms with E-state index in [1.165, 1.54) is 0 Å². The number of piperidine rings is 1. The molecule has 0 radical (unpaired) electrons. The first kappa shape index (κ1) is 39.8. The molecule has 4 N–H and O–H groups in total. The summed E-state index contributed by atoms with van der Waals surface area (Å²) in [5.41, 5.74) is 1.89. The van der Waals surface area contributed by atoms with E-state index in [4.69, 9.17) is 4.74 Å². The zero-order valence-corrected chi connectivity index (χ0v) is 33.8. The van der Waals surface area contributed by atoms with Gasteiger partial charge < -0.3 is 20.7 Å². The molecule has 1 saturated heterocycles. The first-order chi connectivity index (χ1) is 28.0. The summed E-state index contributed by atoms with van der Waals surface area (Å²) in [5, 5.41) is 12.0. The van der Waals surface area contributed by atoms with Crippen molar-refractivity contribution in [3.8, 4) is 5.75 Å². The van der Waals surface area contributed by atoms with E-state index in [0.717, 1.165) is 93.4 Å². The van der Waals surface area contributed by atoms with E-state index < -0.39 is 29.7 Å². The smallest absolute Gasteiger partial charge is 0.264 e.